The number of rotatable bonds is 4. The Morgan fingerprint density at radius 1 is 1.37 bits per heavy atom. The fourth-order valence-electron chi connectivity index (χ4n) is 2.39. The summed E-state index contributed by atoms with van der Waals surface area (Å²) in [6.45, 7) is 5.48. The second kappa shape index (κ2) is 5.51. The second-order valence-corrected chi connectivity index (χ2v) is 7.57. The third-order valence-electron chi connectivity index (χ3n) is 3.35. The van der Waals surface area contributed by atoms with E-state index in [1.54, 1.807) is 19.2 Å². The Balaban J connectivity index is 2.30. The van der Waals surface area contributed by atoms with Crippen molar-refractivity contribution < 1.29 is 8.42 Å². The minimum Gasteiger partial charge on any atom is -0.385 e. The van der Waals surface area contributed by atoms with Gasteiger partial charge in [-0.05, 0) is 36.5 Å². The lowest BCUT2D eigenvalue weighted by atomic mass is 10.0. The predicted molar refractivity (Wildman–Crippen MR) is 77.9 cm³/mol. The van der Waals surface area contributed by atoms with Crippen molar-refractivity contribution in [1.29, 1.82) is 0 Å². The van der Waals surface area contributed by atoms with E-state index in [0.29, 0.717) is 17.4 Å². The van der Waals surface area contributed by atoms with Crippen LogP contribution in [-0.2, 0) is 16.4 Å². The van der Waals surface area contributed by atoms with Crippen molar-refractivity contribution in [1.82, 2.24) is 4.31 Å². The SMILES string of the molecule is CC(C)CN(C)S(=O)(=O)c1ccc2c(c1)NCCC2. The minimum absolute atomic E-state index is 0.315. The van der Waals surface area contributed by atoms with Gasteiger partial charge < -0.3 is 5.32 Å². The Kier molecular flexibility index (Phi) is 4.16. The lowest BCUT2D eigenvalue weighted by Gasteiger charge is -2.22. The van der Waals surface area contributed by atoms with Crippen LogP contribution < -0.4 is 5.32 Å². The van der Waals surface area contributed by atoms with Gasteiger partial charge in [-0.25, -0.2) is 12.7 Å². The summed E-state index contributed by atoms with van der Waals surface area (Å²) >= 11 is 0. The number of nitrogens with zero attached hydrogens (tertiary/aromatic N) is 1. The van der Waals surface area contributed by atoms with Crippen molar-refractivity contribution in [3.63, 3.8) is 0 Å². The summed E-state index contributed by atoms with van der Waals surface area (Å²) in [5, 5.41) is 3.27. The average Bonchev–Trinajstić information content (AvgIpc) is 2.37. The molecule has 1 aromatic rings. The summed E-state index contributed by atoms with van der Waals surface area (Å²) < 4.78 is 26.3. The molecule has 19 heavy (non-hydrogen) atoms. The van der Waals surface area contributed by atoms with Gasteiger partial charge in [0.15, 0.2) is 0 Å². The zero-order chi connectivity index (χ0) is 14.0. The maximum Gasteiger partial charge on any atom is 0.242 e. The number of hydrogen-bond donors (Lipinski definition) is 1. The summed E-state index contributed by atoms with van der Waals surface area (Å²) in [5.74, 6) is 0.315. The van der Waals surface area contributed by atoms with Crippen LogP contribution in [0.4, 0.5) is 5.69 Å². The first-order valence-electron chi connectivity index (χ1n) is 6.74. The van der Waals surface area contributed by atoms with E-state index >= 15 is 0 Å². The molecule has 1 aromatic carbocycles. The van der Waals surface area contributed by atoms with E-state index in [-0.39, 0.29) is 0 Å². The van der Waals surface area contributed by atoms with Crippen LogP contribution in [0.25, 0.3) is 0 Å². The van der Waals surface area contributed by atoms with Crippen LogP contribution in [0.15, 0.2) is 23.1 Å². The first kappa shape index (κ1) is 14.3. The minimum atomic E-state index is -3.37. The van der Waals surface area contributed by atoms with E-state index in [4.69, 9.17) is 0 Å². The zero-order valence-corrected chi connectivity index (χ0v) is 12.6. The van der Waals surface area contributed by atoms with Crippen LogP contribution >= 0.6 is 0 Å². The van der Waals surface area contributed by atoms with E-state index in [1.807, 2.05) is 19.9 Å². The van der Waals surface area contributed by atoms with Gasteiger partial charge in [-0.15, -0.1) is 0 Å². The third-order valence-corrected chi connectivity index (χ3v) is 5.17. The van der Waals surface area contributed by atoms with Crippen molar-refractivity contribution in [3.8, 4) is 0 Å². The molecule has 0 radical (unpaired) electrons. The molecule has 0 aliphatic carbocycles. The summed E-state index contributed by atoms with van der Waals surface area (Å²) in [6, 6.07) is 5.41. The van der Waals surface area contributed by atoms with E-state index in [1.165, 1.54) is 9.87 Å². The van der Waals surface area contributed by atoms with Crippen LogP contribution in [0.1, 0.15) is 25.8 Å². The lowest BCUT2D eigenvalue weighted by molar-refractivity contribution is 0.417. The molecule has 0 amide bonds. The highest BCUT2D eigenvalue weighted by molar-refractivity contribution is 7.89. The number of anilines is 1. The van der Waals surface area contributed by atoms with E-state index in [9.17, 15) is 8.42 Å². The van der Waals surface area contributed by atoms with Gasteiger partial charge in [0.1, 0.15) is 0 Å². The second-order valence-electron chi connectivity index (χ2n) is 5.53. The van der Waals surface area contributed by atoms with Gasteiger partial charge in [-0.2, -0.15) is 0 Å². The van der Waals surface area contributed by atoms with Crippen LogP contribution in [0, 0.1) is 5.92 Å². The number of hydrogen-bond acceptors (Lipinski definition) is 3. The van der Waals surface area contributed by atoms with Crippen molar-refractivity contribution in [3.05, 3.63) is 23.8 Å². The molecule has 0 saturated heterocycles. The molecule has 1 N–H and O–H groups in total. The molecule has 0 saturated carbocycles. The molecule has 0 unspecified atom stereocenters. The van der Waals surface area contributed by atoms with Gasteiger partial charge in [0.2, 0.25) is 10.0 Å². The summed E-state index contributed by atoms with van der Waals surface area (Å²) in [5.41, 5.74) is 2.17. The monoisotopic (exact) mass is 282 g/mol. The molecule has 1 aliphatic heterocycles. The first-order chi connectivity index (χ1) is 8.91. The number of benzene rings is 1. The van der Waals surface area contributed by atoms with Crippen molar-refractivity contribution >= 4 is 15.7 Å². The highest BCUT2D eigenvalue weighted by Crippen LogP contribution is 2.26. The maximum atomic E-state index is 12.5. The average molecular weight is 282 g/mol. The molecular weight excluding hydrogens is 260 g/mol. The summed E-state index contributed by atoms with van der Waals surface area (Å²) in [4.78, 5) is 0.379. The summed E-state index contributed by atoms with van der Waals surface area (Å²) in [7, 11) is -1.73. The highest BCUT2D eigenvalue weighted by atomic mass is 32.2. The van der Waals surface area contributed by atoms with Crippen molar-refractivity contribution in [2.45, 2.75) is 31.6 Å². The van der Waals surface area contributed by atoms with Gasteiger partial charge in [0.25, 0.3) is 0 Å². The third kappa shape index (κ3) is 3.09. The van der Waals surface area contributed by atoms with E-state index in [2.05, 4.69) is 5.32 Å². The Morgan fingerprint density at radius 3 is 2.79 bits per heavy atom. The van der Waals surface area contributed by atoms with Gasteiger partial charge in [-0.1, -0.05) is 19.9 Å². The van der Waals surface area contributed by atoms with Crippen LogP contribution in [0.3, 0.4) is 0 Å². The molecule has 1 aliphatic rings. The molecule has 0 atom stereocenters. The lowest BCUT2D eigenvalue weighted by Crippen LogP contribution is -2.30. The normalized spacial score (nSPS) is 15.4. The Labute approximate surface area is 115 Å². The van der Waals surface area contributed by atoms with Gasteiger partial charge in [0.05, 0.1) is 4.90 Å². The molecule has 0 aromatic heterocycles. The largest absolute Gasteiger partial charge is 0.385 e. The molecule has 0 bridgehead atoms. The number of aryl methyl sites for hydroxylation is 1. The van der Waals surface area contributed by atoms with Crippen LogP contribution in [0.5, 0.6) is 0 Å². The van der Waals surface area contributed by atoms with Crippen LogP contribution in [-0.4, -0.2) is 32.9 Å². The Bertz CT molecular complexity index is 553. The smallest absolute Gasteiger partial charge is 0.242 e. The van der Waals surface area contributed by atoms with Crippen LogP contribution in [0.2, 0.25) is 0 Å². The molecule has 4 nitrogen and oxygen atoms in total. The van der Waals surface area contributed by atoms with Gasteiger partial charge in [0, 0.05) is 25.8 Å². The van der Waals surface area contributed by atoms with E-state index < -0.39 is 10.0 Å². The van der Waals surface area contributed by atoms with Gasteiger partial charge in [-0.3, -0.25) is 0 Å². The number of nitrogens with one attached hydrogen (secondary N) is 1. The molecule has 1 heterocycles. The standard InChI is InChI=1S/C14H22N2O2S/c1-11(2)10-16(3)19(17,18)13-7-6-12-5-4-8-15-14(12)9-13/h6-7,9,11,15H,4-5,8,10H2,1-3H3. The molecular formula is C14H22N2O2S. The fraction of sp³-hybridized carbons (Fsp3) is 0.571. The number of fused-ring (bicyclic) bond motifs is 1. The molecule has 2 rings (SSSR count). The topological polar surface area (TPSA) is 49.4 Å². The Morgan fingerprint density at radius 2 is 2.11 bits per heavy atom. The molecule has 5 heteroatoms. The number of sulfonamides is 1. The van der Waals surface area contributed by atoms with Gasteiger partial charge >= 0.3 is 0 Å². The molecule has 106 valence electrons. The predicted octanol–water partition coefficient (Wildman–Crippen LogP) is 2.32. The Hall–Kier alpha value is -1.07. The fourth-order valence-corrected chi connectivity index (χ4v) is 3.75. The van der Waals surface area contributed by atoms with E-state index in [0.717, 1.165) is 25.1 Å². The summed E-state index contributed by atoms with van der Waals surface area (Å²) in [6.07, 6.45) is 2.12. The molecule has 0 spiro atoms. The molecule has 0 fully saturated rings. The first-order valence-corrected chi connectivity index (χ1v) is 8.18. The quantitative estimate of drug-likeness (QED) is 0.922. The maximum absolute atomic E-state index is 12.5. The van der Waals surface area contributed by atoms with Crippen molar-refractivity contribution in [2.75, 3.05) is 25.5 Å². The highest BCUT2D eigenvalue weighted by Gasteiger charge is 2.22. The zero-order valence-electron chi connectivity index (χ0n) is 11.8. The van der Waals surface area contributed by atoms with Crippen molar-refractivity contribution in [2.24, 2.45) is 5.92 Å².